The van der Waals surface area contributed by atoms with Crippen LogP contribution in [0.4, 0.5) is 0 Å². The quantitative estimate of drug-likeness (QED) is 0.918. The smallest absolute Gasteiger partial charge is 0.254 e. The number of rotatable bonds is 4. The number of carbonyl (C=O) groups is 2. The predicted molar refractivity (Wildman–Crippen MR) is 80.7 cm³/mol. The molecule has 1 N–H and O–H groups in total. The zero-order valence-corrected chi connectivity index (χ0v) is 13.0. The average molecular weight is 276 g/mol. The molecule has 0 aromatic heterocycles. The monoisotopic (exact) mass is 276 g/mol. The van der Waals surface area contributed by atoms with Crippen LogP contribution in [-0.2, 0) is 4.79 Å². The van der Waals surface area contributed by atoms with E-state index in [2.05, 4.69) is 5.32 Å². The van der Waals surface area contributed by atoms with Crippen molar-refractivity contribution in [1.82, 2.24) is 10.2 Å². The van der Waals surface area contributed by atoms with Crippen LogP contribution in [0.3, 0.4) is 0 Å². The van der Waals surface area contributed by atoms with E-state index < -0.39 is 0 Å². The summed E-state index contributed by atoms with van der Waals surface area (Å²) in [4.78, 5) is 25.8. The Morgan fingerprint density at radius 2 is 1.70 bits per heavy atom. The fourth-order valence-electron chi connectivity index (χ4n) is 1.84. The number of amides is 2. The highest BCUT2D eigenvalue weighted by molar-refractivity contribution is 5.96. The average Bonchev–Trinajstić information content (AvgIpc) is 2.34. The van der Waals surface area contributed by atoms with Crippen molar-refractivity contribution in [2.75, 3.05) is 13.1 Å². The lowest BCUT2D eigenvalue weighted by atomic mass is 10.1. The van der Waals surface area contributed by atoms with Gasteiger partial charge in [0.05, 0.1) is 6.54 Å². The van der Waals surface area contributed by atoms with Crippen LogP contribution in [0.5, 0.6) is 0 Å². The number of hydrogen-bond acceptors (Lipinski definition) is 2. The highest BCUT2D eigenvalue weighted by Gasteiger charge is 2.20. The molecule has 0 atom stereocenters. The Morgan fingerprint density at radius 3 is 2.15 bits per heavy atom. The molecule has 0 aliphatic carbocycles. The molecule has 2 amide bonds. The maximum Gasteiger partial charge on any atom is 0.254 e. The summed E-state index contributed by atoms with van der Waals surface area (Å²) < 4.78 is 0. The molecule has 0 fully saturated rings. The van der Waals surface area contributed by atoms with Crippen LogP contribution >= 0.6 is 0 Å². The highest BCUT2D eigenvalue weighted by atomic mass is 16.2. The lowest BCUT2D eigenvalue weighted by Crippen LogP contribution is -2.47. The van der Waals surface area contributed by atoms with Crippen LogP contribution in [0.2, 0.25) is 0 Å². The minimum atomic E-state index is -0.288. The van der Waals surface area contributed by atoms with Gasteiger partial charge in [0.15, 0.2) is 0 Å². The molecule has 0 spiro atoms. The van der Waals surface area contributed by atoms with Gasteiger partial charge in [-0.3, -0.25) is 9.59 Å². The van der Waals surface area contributed by atoms with Gasteiger partial charge in [-0.15, -0.1) is 0 Å². The number of likely N-dealkylation sites (N-methyl/N-ethyl adjacent to an activating group) is 1. The topological polar surface area (TPSA) is 49.4 Å². The summed E-state index contributed by atoms with van der Waals surface area (Å²) in [7, 11) is 0. The largest absolute Gasteiger partial charge is 0.350 e. The number of nitrogens with one attached hydrogen (secondary N) is 1. The summed E-state index contributed by atoms with van der Waals surface area (Å²) in [5, 5.41) is 2.87. The van der Waals surface area contributed by atoms with Gasteiger partial charge in [-0.2, -0.15) is 0 Å². The van der Waals surface area contributed by atoms with E-state index in [0.717, 1.165) is 5.56 Å². The van der Waals surface area contributed by atoms with Gasteiger partial charge >= 0.3 is 0 Å². The van der Waals surface area contributed by atoms with Gasteiger partial charge in [-0.25, -0.2) is 0 Å². The molecule has 0 bridgehead atoms. The Bertz CT molecular complexity index is 472. The van der Waals surface area contributed by atoms with E-state index in [1.54, 1.807) is 17.0 Å². The summed E-state index contributed by atoms with van der Waals surface area (Å²) >= 11 is 0. The van der Waals surface area contributed by atoms with E-state index in [1.165, 1.54) is 0 Å². The number of aryl methyl sites for hydroxylation is 1. The van der Waals surface area contributed by atoms with Crippen molar-refractivity contribution in [3.8, 4) is 0 Å². The molecule has 1 aromatic rings. The van der Waals surface area contributed by atoms with Crippen molar-refractivity contribution in [3.05, 3.63) is 35.4 Å². The number of benzene rings is 1. The third-order valence-electron chi connectivity index (χ3n) is 2.82. The Kier molecular flexibility index (Phi) is 5.31. The molecule has 0 radical (unpaired) electrons. The maximum atomic E-state index is 12.3. The second kappa shape index (κ2) is 6.55. The first-order valence-corrected chi connectivity index (χ1v) is 6.90. The van der Waals surface area contributed by atoms with Crippen molar-refractivity contribution in [2.45, 2.75) is 40.2 Å². The van der Waals surface area contributed by atoms with E-state index in [0.29, 0.717) is 12.1 Å². The predicted octanol–water partition coefficient (Wildman–Crippen LogP) is 2.37. The summed E-state index contributed by atoms with van der Waals surface area (Å²) in [5.74, 6) is -0.253. The molecule has 0 saturated carbocycles. The van der Waals surface area contributed by atoms with Gasteiger partial charge in [0.2, 0.25) is 5.91 Å². The molecule has 0 unspecified atom stereocenters. The van der Waals surface area contributed by atoms with Crippen LogP contribution in [0.1, 0.15) is 43.6 Å². The molecule has 1 aromatic carbocycles. The number of hydrogen-bond donors (Lipinski definition) is 1. The molecule has 1 rings (SSSR count). The first-order chi connectivity index (χ1) is 9.23. The Morgan fingerprint density at radius 1 is 1.15 bits per heavy atom. The number of nitrogens with zero attached hydrogens (tertiary/aromatic N) is 1. The van der Waals surface area contributed by atoms with E-state index >= 15 is 0 Å². The van der Waals surface area contributed by atoms with E-state index in [1.807, 2.05) is 46.8 Å². The lowest BCUT2D eigenvalue weighted by molar-refractivity contribution is -0.123. The van der Waals surface area contributed by atoms with Crippen LogP contribution < -0.4 is 5.32 Å². The fraction of sp³-hybridized carbons (Fsp3) is 0.500. The molecule has 0 heterocycles. The summed E-state index contributed by atoms with van der Waals surface area (Å²) in [6, 6.07) is 7.39. The third-order valence-corrected chi connectivity index (χ3v) is 2.82. The van der Waals surface area contributed by atoms with Crippen molar-refractivity contribution < 1.29 is 9.59 Å². The van der Waals surface area contributed by atoms with Gasteiger partial charge in [-0.05, 0) is 46.8 Å². The third kappa shape index (κ3) is 5.03. The molecule has 0 aliphatic rings. The first-order valence-electron chi connectivity index (χ1n) is 6.90. The van der Waals surface area contributed by atoms with Crippen LogP contribution in [0, 0.1) is 6.92 Å². The van der Waals surface area contributed by atoms with E-state index in [4.69, 9.17) is 0 Å². The van der Waals surface area contributed by atoms with Crippen LogP contribution in [0.15, 0.2) is 24.3 Å². The SMILES string of the molecule is CCN(CC(=O)NC(C)(C)C)C(=O)c1ccc(C)cc1. The summed E-state index contributed by atoms with van der Waals surface area (Å²) in [6.07, 6.45) is 0. The van der Waals surface area contributed by atoms with Crippen molar-refractivity contribution in [3.63, 3.8) is 0 Å². The maximum absolute atomic E-state index is 12.3. The van der Waals surface area contributed by atoms with Crippen molar-refractivity contribution in [1.29, 1.82) is 0 Å². The molecule has 4 nitrogen and oxygen atoms in total. The highest BCUT2D eigenvalue weighted by Crippen LogP contribution is 2.07. The van der Waals surface area contributed by atoms with Gasteiger partial charge in [0, 0.05) is 17.6 Å². The zero-order chi connectivity index (χ0) is 15.3. The van der Waals surface area contributed by atoms with E-state index in [9.17, 15) is 9.59 Å². The fourth-order valence-corrected chi connectivity index (χ4v) is 1.84. The van der Waals surface area contributed by atoms with Crippen LogP contribution in [-0.4, -0.2) is 35.3 Å². The molecular formula is C16H24N2O2. The first kappa shape index (κ1) is 16.2. The van der Waals surface area contributed by atoms with Crippen LogP contribution in [0.25, 0.3) is 0 Å². The van der Waals surface area contributed by atoms with E-state index in [-0.39, 0.29) is 23.9 Å². The minimum absolute atomic E-state index is 0.0838. The Hall–Kier alpha value is -1.84. The normalized spacial score (nSPS) is 11.1. The van der Waals surface area contributed by atoms with Gasteiger partial charge in [0.25, 0.3) is 5.91 Å². The van der Waals surface area contributed by atoms with Gasteiger partial charge in [0.1, 0.15) is 0 Å². The molecule has 0 aliphatic heterocycles. The van der Waals surface area contributed by atoms with Gasteiger partial charge in [-0.1, -0.05) is 17.7 Å². The standard InChI is InChI=1S/C16H24N2O2/c1-6-18(11-14(19)17-16(3,4)5)15(20)13-9-7-12(2)8-10-13/h7-10H,6,11H2,1-5H3,(H,17,19). The molecule has 20 heavy (non-hydrogen) atoms. The second-order valence-corrected chi connectivity index (χ2v) is 5.98. The lowest BCUT2D eigenvalue weighted by Gasteiger charge is -2.25. The second-order valence-electron chi connectivity index (χ2n) is 5.98. The molecule has 4 heteroatoms. The summed E-state index contributed by atoms with van der Waals surface area (Å²) in [6.45, 7) is 10.2. The van der Waals surface area contributed by atoms with Gasteiger partial charge < -0.3 is 10.2 Å². The molecular weight excluding hydrogens is 252 g/mol. The van der Waals surface area contributed by atoms with Crippen molar-refractivity contribution >= 4 is 11.8 Å². The molecule has 0 saturated heterocycles. The number of carbonyl (C=O) groups excluding carboxylic acids is 2. The van der Waals surface area contributed by atoms with Crippen molar-refractivity contribution in [2.24, 2.45) is 0 Å². The molecule has 110 valence electrons. The zero-order valence-electron chi connectivity index (χ0n) is 13.0. The Labute approximate surface area is 121 Å². The minimum Gasteiger partial charge on any atom is -0.350 e. The summed E-state index contributed by atoms with van der Waals surface area (Å²) in [5.41, 5.74) is 1.43. The Balaban J connectivity index is 2.73.